The fourth-order valence-corrected chi connectivity index (χ4v) is 6.46. The lowest BCUT2D eigenvalue weighted by Gasteiger charge is -2.18. The van der Waals surface area contributed by atoms with E-state index in [2.05, 4.69) is 48.5 Å². The summed E-state index contributed by atoms with van der Waals surface area (Å²) in [4.78, 5) is 0. The third-order valence-electron chi connectivity index (χ3n) is 8.37. The Morgan fingerprint density at radius 2 is 0.930 bits per heavy atom. The van der Waals surface area contributed by atoms with Crippen molar-refractivity contribution in [2.45, 2.75) is 0 Å². The Morgan fingerprint density at radius 1 is 0.395 bits per heavy atom. The molecule has 1 aromatic heterocycles. The maximum atomic E-state index is 8.80. The summed E-state index contributed by atoms with van der Waals surface area (Å²) in [5.74, 6) is 0. The second-order valence-corrected chi connectivity index (χ2v) is 10.7. The maximum Gasteiger partial charge on any atom is 0.136 e. The zero-order chi connectivity index (χ0) is 34.4. The lowest BCUT2D eigenvalue weighted by atomic mass is 9.85. The van der Waals surface area contributed by atoms with Gasteiger partial charge in [-0.1, -0.05) is 139 Å². The van der Waals surface area contributed by atoms with Gasteiger partial charge in [-0.15, -0.1) is 0 Å². The second kappa shape index (κ2) is 9.44. The van der Waals surface area contributed by atoms with Crippen molar-refractivity contribution in [3.05, 3.63) is 158 Å². The van der Waals surface area contributed by atoms with E-state index in [9.17, 15) is 0 Å². The molecule has 0 spiro atoms. The van der Waals surface area contributed by atoms with Crippen LogP contribution in [0.25, 0.3) is 87.6 Å². The number of hydrogen-bond donors (Lipinski definition) is 0. The van der Waals surface area contributed by atoms with Crippen molar-refractivity contribution in [1.29, 1.82) is 0 Å². The number of para-hydroxylation sites is 1. The van der Waals surface area contributed by atoms with Crippen LogP contribution < -0.4 is 0 Å². The molecule has 0 saturated carbocycles. The van der Waals surface area contributed by atoms with E-state index in [0.717, 1.165) is 65.7 Å². The second-order valence-electron chi connectivity index (χ2n) is 10.7. The lowest BCUT2D eigenvalue weighted by molar-refractivity contribution is 0.669. The highest BCUT2D eigenvalue weighted by atomic mass is 16.3. The largest absolute Gasteiger partial charge is 0.456 e. The van der Waals surface area contributed by atoms with Crippen LogP contribution in [0.1, 0.15) is 9.60 Å². The average molecular weight is 554 g/mol. The van der Waals surface area contributed by atoms with Crippen LogP contribution in [-0.2, 0) is 0 Å². The van der Waals surface area contributed by atoms with Gasteiger partial charge in [0, 0.05) is 10.8 Å². The highest BCUT2D eigenvalue weighted by Crippen LogP contribution is 2.45. The molecule has 1 heterocycles. The van der Waals surface area contributed by atoms with E-state index in [0.29, 0.717) is 5.56 Å². The molecule has 200 valence electrons. The summed E-state index contributed by atoms with van der Waals surface area (Å²) in [6.45, 7) is 0. The van der Waals surface area contributed by atoms with E-state index in [1.807, 2.05) is 66.7 Å². The quantitative estimate of drug-likeness (QED) is 0.198. The summed E-state index contributed by atoms with van der Waals surface area (Å²) in [5.41, 5.74) is 6.56. The highest BCUT2D eigenvalue weighted by Gasteiger charge is 2.18. The van der Waals surface area contributed by atoms with Gasteiger partial charge in [-0.3, -0.25) is 0 Å². The number of furan rings is 1. The zero-order valence-electron chi connectivity index (χ0n) is 29.9. The highest BCUT2D eigenvalue weighted by molar-refractivity contribution is 6.22. The van der Waals surface area contributed by atoms with Crippen molar-refractivity contribution >= 4 is 54.3 Å². The number of rotatable bonds is 3. The minimum absolute atomic E-state index is 0.0514. The van der Waals surface area contributed by atoms with E-state index in [1.54, 1.807) is 0 Å². The van der Waals surface area contributed by atoms with Crippen molar-refractivity contribution < 1.29 is 14.0 Å². The van der Waals surface area contributed by atoms with Gasteiger partial charge in [0.15, 0.2) is 0 Å². The molecule has 8 aromatic carbocycles. The molecule has 9 rings (SSSR count). The summed E-state index contributed by atoms with van der Waals surface area (Å²) in [6.07, 6.45) is 0. The number of fused-ring (bicyclic) bond motifs is 6. The minimum atomic E-state index is -0.464. The standard InChI is InChI=1S/C42H26O/c1-2-12-31-27(10-1)11-9-18-32(31)28-20-22-29(23-21-28)41-35-14-3-5-16-37(35)42(38-17-6-4-15-36(38)41)30-24-25-34-33-13-7-8-19-39(33)43-40(34)26-30/h1-26H/i1D,2D,9D,10D,11D,12D,18D. The molecule has 1 nitrogen and oxygen atoms in total. The van der Waals surface area contributed by atoms with E-state index in [1.165, 1.54) is 0 Å². The Kier molecular flexibility index (Phi) is 3.95. The molecular weight excluding hydrogens is 520 g/mol. The Balaban J connectivity index is 1.27. The van der Waals surface area contributed by atoms with E-state index < -0.39 is 12.1 Å². The molecule has 0 amide bonds. The van der Waals surface area contributed by atoms with Gasteiger partial charge in [-0.05, 0) is 83.9 Å². The first kappa shape index (κ1) is 18.0. The molecule has 9 aromatic rings. The Bertz CT molecular complexity index is 2830. The van der Waals surface area contributed by atoms with Gasteiger partial charge in [0.05, 0.1) is 9.60 Å². The molecule has 1 heteroatoms. The van der Waals surface area contributed by atoms with Gasteiger partial charge in [-0.25, -0.2) is 0 Å². The van der Waals surface area contributed by atoms with Crippen LogP contribution in [0, 0.1) is 0 Å². The van der Waals surface area contributed by atoms with Gasteiger partial charge in [0.1, 0.15) is 11.2 Å². The van der Waals surface area contributed by atoms with Crippen molar-refractivity contribution in [3.8, 4) is 33.4 Å². The molecule has 0 N–H and O–H groups in total. The SMILES string of the molecule is [2H]c1c([2H])c([2H])c2c(-c3ccc(-c4c5ccccc5c(-c5ccc6c(c5)oc5ccccc56)c5ccccc45)cc3)c([2H])c([2H])c([2H])c2c1[2H]. The van der Waals surface area contributed by atoms with E-state index >= 15 is 0 Å². The summed E-state index contributed by atoms with van der Waals surface area (Å²) >= 11 is 0. The van der Waals surface area contributed by atoms with Crippen LogP contribution in [0.3, 0.4) is 0 Å². The van der Waals surface area contributed by atoms with E-state index in [-0.39, 0.29) is 46.5 Å². The molecule has 0 aliphatic heterocycles. The summed E-state index contributed by atoms with van der Waals surface area (Å²) < 4.78 is 65.7. The molecule has 0 radical (unpaired) electrons. The maximum absolute atomic E-state index is 8.80. The fraction of sp³-hybridized carbons (Fsp3) is 0. The van der Waals surface area contributed by atoms with Crippen molar-refractivity contribution in [3.63, 3.8) is 0 Å². The van der Waals surface area contributed by atoms with Gasteiger partial charge < -0.3 is 4.42 Å². The summed E-state index contributed by atoms with van der Waals surface area (Å²) in [5, 5.41) is 6.48. The monoisotopic (exact) mass is 553 g/mol. The first-order valence-corrected chi connectivity index (χ1v) is 14.2. The van der Waals surface area contributed by atoms with Crippen LogP contribution in [-0.4, -0.2) is 0 Å². The normalized spacial score (nSPS) is 14.0. The molecule has 0 bridgehead atoms. The minimum Gasteiger partial charge on any atom is -0.456 e. The first-order valence-electron chi connectivity index (χ1n) is 17.7. The molecule has 0 fully saturated rings. The first-order chi connectivity index (χ1) is 24.2. The van der Waals surface area contributed by atoms with E-state index in [4.69, 9.17) is 14.0 Å². The molecule has 0 unspecified atom stereocenters. The molecule has 43 heavy (non-hydrogen) atoms. The molecule has 0 atom stereocenters. The summed E-state index contributed by atoms with van der Waals surface area (Å²) in [7, 11) is 0. The molecule has 0 saturated heterocycles. The van der Waals surface area contributed by atoms with Crippen molar-refractivity contribution in [2.24, 2.45) is 0 Å². The fourth-order valence-electron chi connectivity index (χ4n) is 6.46. The van der Waals surface area contributed by atoms with Crippen LogP contribution in [0.4, 0.5) is 0 Å². The van der Waals surface area contributed by atoms with Crippen LogP contribution in [0.2, 0.25) is 0 Å². The van der Waals surface area contributed by atoms with Crippen LogP contribution >= 0.6 is 0 Å². The predicted octanol–water partition coefficient (Wildman–Crippen LogP) is 12.0. The van der Waals surface area contributed by atoms with Crippen molar-refractivity contribution in [1.82, 2.24) is 0 Å². The zero-order valence-corrected chi connectivity index (χ0v) is 22.9. The topological polar surface area (TPSA) is 13.1 Å². The molecular formula is C42H26O. The number of hydrogen-bond acceptors (Lipinski definition) is 1. The van der Waals surface area contributed by atoms with Gasteiger partial charge in [-0.2, -0.15) is 0 Å². The lowest BCUT2D eigenvalue weighted by Crippen LogP contribution is -1.91. The van der Waals surface area contributed by atoms with Crippen LogP contribution in [0.15, 0.2) is 162 Å². The number of benzene rings is 8. The Hall–Kier alpha value is -5.66. The molecule has 0 aliphatic rings. The van der Waals surface area contributed by atoms with Gasteiger partial charge >= 0.3 is 0 Å². The predicted molar refractivity (Wildman–Crippen MR) is 183 cm³/mol. The van der Waals surface area contributed by atoms with Crippen LogP contribution in [0.5, 0.6) is 0 Å². The Labute approximate surface area is 259 Å². The average Bonchev–Trinajstić information content (AvgIpc) is 3.52. The van der Waals surface area contributed by atoms with Gasteiger partial charge in [0.25, 0.3) is 0 Å². The third kappa shape index (κ3) is 3.72. The van der Waals surface area contributed by atoms with Gasteiger partial charge in [0.2, 0.25) is 0 Å². The smallest absolute Gasteiger partial charge is 0.136 e. The third-order valence-corrected chi connectivity index (χ3v) is 8.37. The van der Waals surface area contributed by atoms with Crippen molar-refractivity contribution in [2.75, 3.05) is 0 Å². The molecule has 0 aliphatic carbocycles. The Morgan fingerprint density at radius 3 is 1.65 bits per heavy atom. The summed E-state index contributed by atoms with van der Waals surface area (Å²) in [6, 6.07) is 36.1.